The topological polar surface area (TPSA) is 139 Å². The summed E-state index contributed by atoms with van der Waals surface area (Å²) in [5.74, 6) is 6.56. The number of halogens is 4. The Morgan fingerprint density at radius 2 is 2.02 bits per heavy atom. The van der Waals surface area contributed by atoms with Gasteiger partial charge in [0.1, 0.15) is 31.0 Å². The minimum absolute atomic E-state index is 0.0244. The molecule has 1 aliphatic carbocycles. The Morgan fingerprint density at radius 3 is 2.68 bits per heavy atom. The van der Waals surface area contributed by atoms with E-state index in [1.54, 1.807) is 42.5 Å². The molecule has 0 amide bonds. The summed E-state index contributed by atoms with van der Waals surface area (Å²) in [5.41, 5.74) is 0.231. The number of nitrogens with zero attached hydrogens (tertiary/aromatic N) is 5. The molecule has 0 spiro atoms. The SMILES string of the molecule is C=C/C=C\C(=C(/CC)COC(=O)C(C)NP(OCC1CC(C)[C@H](n2cnc3c(N(N)C4CC4)ncnc32)O1)Oc1ccc(Cl)cc1)C(F)(F)F. The van der Waals surface area contributed by atoms with Gasteiger partial charge in [0.05, 0.1) is 24.6 Å². The van der Waals surface area contributed by atoms with E-state index in [9.17, 15) is 18.0 Å². The van der Waals surface area contributed by atoms with Crippen LogP contribution in [0.4, 0.5) is 19.0 Å². The molecule has 1 saturated carbocycles. The molecule has 3 heterocycles. The zero-order chi connectivity index (χ0) is 36.0. The molecule has 0 radical (unpaired) electrons. The first-order valence-electron chi connectivity index (χ1n) is 16.1. The molecule has 50 heavy (non-hydrogen) atoms. The minimum Gasteiger partial charge on any atom is -0.460 e. The van der Waals surface area contributed by atoms with E-state index in [2.05, 4.69) is 33.5 Å². The molecule has 1 saturated heterocycles. The van der Waals surface area contributed by atoms with Crippen LogP contribution in [0.1, 0.15) is 52.7 Å². The second-order valence-electron chi connectivity index (χ2n) is 12.0. The van der Waals surface area contributed by atoms with Gasteiger partial charge >= 0.3 is 20.7 Å². The number of allylic oxidation sites excluding steroid dienone is 4. The maximum Gasteiger partial charge on any atom is 0.416 e. The first-order valence-corrected chi connectivity index (χ1v) is 17.7. The first kappa shape index (κ1) is 37.7. The van der Waals surface area contributed by atoms with Crippen molar-refractivity contribution in [2.24, 2.45) is 11.8 Å². The number of anilines is 1. The van der Waals surface area contributed by atoms with Crippen molar-refractivity contribution in [2.75, 3.05) is 18.2 Å². The zero-order valence-electron chi connectivity index (χ0n) is 27.8. The van der Waals surface area contributed by atoms with Crippen LogP contribution in [0.15, 0.2) is 72.9 Å². The molecule has 1 aliphatic heterocycles. The number of esters is 1. The van der Waals surface area contributed by atoms with E-state index in [1.165, 1.54) is 25.4 Å². The molecule has 3 aromatic rings. The fraction of sp³-hybridized carbons (Fsp3) is 0.455. The van der Waals surface area contributed by atoms with Gasteiger partial charge in [0, 0.05) is 17.0 Å². The third-order valence-electron chi connectivity index (χ3n) is 8.18. The lowest BCUT2D eigenvalue weighted by Gasteiger charge is -2.23. The Bertz CT molecular complexity index is 1700. The number of hydrazine groups is 1. The average Bonchev–Trinajstić information content (AvgIpc) is 3.75. The van der Waals surface area contributed by atoms with Gasteiger partial charge in [0.2, 0.25) is 0 Å². The molecule has 2 aliphatic rings. The van der Waals surface area contributed by atoms with Gasteiger partial charge in [0.15, 0.2) is 17.0 Å². The number of nitrogens with one attached hydrogen (secondary N) is 1. The number of aromatic nitrogens is 4. The highest BCUT2D eigenvalue weighted by Gasteiger charge is 2.37. The van der Waals surface area contributed by atoms with Crippen LogP contribution in [0.5, 0.6) is 5.75 Å². The lowest BCUT2D eigenvalue weighted by molar-refractivity contribution is -0.144. The Hall–Kier alpha value is -3.59. The summed E-state index contributed by atoms with van der Waals surface area (Å²) in [4.78, 5) is 26.4. The molecule has 2 aromatic heterocycles. The van der Waals surface area contributed by atoms with Crippen LogP contribution in [0.2, 0.25) is 5.02 Å². The molecule has 2 fully saturated rings. The average molecular weight is 738 g/mol. The Labute approximate surface area is 294 Å². The molecule has 12 nitrogen and oxygen atoms in total. The molecule has 5 rings (SSSR count). The number of imidazole rings is 1. The van der Waals surface area contributed by atoms with E-state index in [4.69, 9.17) is 36.0 Å². The molecule has 1 aromatic carbocycles. The number of carbonyl (C=O) groups is 1. The zero-order valence-corrected chi connectivity index (χ0v) is 29.5. The smallest absolute Gasteiger partial charge is 0.416 e. The summed E-state index contributed by atoms with van der Waals surface area (Å²) in [7, 11) is -1.96. The monoisotopic (exact) mass is 737 g/mol. The van der Waals surface area contributed by atoms with Crippen molar-refractivity contribution in [1.82, 2.24) is 24.6 Å². The highest BCUT2D eigenvalue weighted by atomic mass is 35.5. The Kier molecular flexibility index (Phi) is 12.5. The van der Waals surface area contributed by atoms with Gasteiger partial charge in [-0.2, -0.15) is 13.2 Å². The normalized spacial score (nSPS) is 21.2. The number of ether oxygens (including phenoxy) is 2. The van der Waals surface area contributed by atoms with Crippen molar-refractivity contribution >= 4 is 43.1 Å². The van der Waals surface area contributed by atoms with E-state index in [0.29, 0.717) is 34.2 Å². The molecule has 0 bridgehead atoms. The quantitative estimate of drug-likeness (QED) is 0.0512. The van der Waals surface area contributed by atoms with Crippen molar-refractivity contribution in [3.05, 3.63) is 77.9 Å². The third kappa shape index (κ3) is 9.39. The van der Waals surface area contributed by atoms with Crippen molar-refractivity contribution in [3.63, 3.8) is 0 Å². The maximum atomic E-state index is 13.7. The lowest BCUT2D eigenvalue weighted by atomic mass is 10.1. The van der Waals surface area contributed by atoms with Crippen LogP contribution in [0.3, 0.4) is 0 Å². The number of carbonyl (C=O) groups excluding carboxylic acids is 1. The summed E-state index contributed by atoms with van der Waals surface area (Å²) in [6.45, 7) is 8.12. The number of alkyl halides is 3. The standard InChI is InChI=1S/C33H40ClF3N7O5P/c1-5-7-8-27(33(35,36)37)22(6-2)16-46-32(45)21(4)42-50(49-25-13-9-23(34)10-14-25)47-17-26-15-20(3)31(48-26)43-19-41-28-29(43)39-18-40-30(28)44(38)24-11-12-24/h5,7-10,13-14,18-21,24,26,31,42H,1,6,11-12,15-17,38H2,2-4H3/b8-7-,27-22-/t20?,21?,26?,31-,50?/m1/s1. The molecule has 270 valence electrons. The van der Waals surface area contributed by atoms with E-state index in [1.807, 2.05) is 4.57 Å². The summed E-state index contributed by atoms with van der Waals surface area (Å²) in [6.07, 6.45) is 3.77. The Morgan fingerprint density at radius 1 is 1.28 bits per heavy atom. The fourth-order valence-corrected chi connectivity index (χ4v) is 6.72. The summed E-state index contributed by atoms with van der Waals surface area (Å²) in [6, 6.07) is 5.83. The van der Waals surface area contributed by atoms with E-state index in [0.717, 1.165) is 18.9 Å². The van der Waals surface area contributed by atoms with Gasteiger partial charge in [-0.1, -0.05) is 44.2 Å². The van der Waals surface area contributed by atoms with Gasteiger partial charge in [0.25, 0.3) is 0 Å². The predicted molar refractivity (Wildman–Crippen MR) is 184 cm³/mol. The maximum absolute atomic E-state index is 13.7. The van der Waals surface area contributed by atoms with Crippen LogP contribution in [0.25, 0.3) is 11.2 Å². The van der Waals surface area contributed by atoms with Crippen LogP contribution in [0, 0.1) is 5.92 Å². The van der Waals surface area contributed by atoms with E-state index in [-0.39, 0.29) is 36.7 Å². The van der Waals surface area contributed by atoms with Crippen molar-refractivity contribution < 1.29 is 36.5 Å². The number of hydrogen-bond donors (Lipinski definition) is 2. The molecule has 4 unspecified atom stereocenters. The minimum atomic E-state index is -4.63. The fourth-order valence-electron chi connectivity index (χ4n) is 5.38. The van der Waals surface area contributed by atoms with Gasteiger partial charge in [-0.3, -0.25) is 14.4 Å². The first-order chi connectivity index (χ1) is 23.9. The number of rotatable bonds is 16. The molecule has 3 N–H and O–H groups in total. The second-order valence-corrected chi connectivity index (χ2v) is 13.7. The van der Waals surface area contributed by atoms with Gasteiger partial charge < -0.3 is 18.5 Å². The van der Waals surface area contributed by atoms with Gasteiger partial charge in [-0.15, -0.1) is 0 Å². The van der Waals surface area contributed by atoms with E-state index >= 15 is 0 Å². The van der Waals surface area contributed by atoms with Crippen LogP contribution < -0.4 is 20.5 Å². The number of fused-ring (bicyclic) bond motifs is 1. The van der Waals surface area contributed by atoms with Crippen molar-refractivity contribution in [2.45, 2.75) is 77.0 Å². The second kappa shape index (κ2) is 16.6. The molecular weight excluding hydrogens is 698 g/mol. The van der Waals surface area contributed by atoms with E-state index < -0.39 is 45.1 Å². The summed E-state index contributed by atoms with van der Waals surface area (Å²) in [5, 5.41) is 5.13. The van der Waals surface area contributed by atoms with Gasteiger partial charge in [-0.25, -0.2) is 25.9 Å². The van der Waals surface area contributed by atoms with Crippen molar-refractivity contribution in [1.29, 1.82) is 0 Å². The number of hydrogen-bond acceptors (Lipinski definition) is 11. The molecular formula is C33H40ClF3N7O5P. The predicted octanol–water partition coefficient (Wildman–Crippen LogP) is 7.10. The third-order valence-corrected chi connectivity index (χ3v) is 9.80. The van der Waals surface area contributed by atoms with Gasteiger partial charge in [-0.05, 0) is 68.5 Å². The van der Waals surface area contributed by atoms with Crippen LogP contribution >= 0.6 is 20.1 Å². The Balaban J connectivity index is 1.24. The van der Waals surface area contributed by atoms with Crippen LogP contribution in [-0.4, -0.2) is 63.1 Å². The van der Waals surface area contributed by atoms with Crippen LogP contribution in [-0.2, 0) is 18.8 Å². The summed E-state index contributed by atoms with van der Waals surface area (Å²) >= 11 is 6.04. The summed E-state index contributed by atoms with van der Waals surface area (Å²) < 4.78 is 66.9. The number of benzene rings is 1. The largest absolute Gasteiger partial charge is 0.460 e. The highest BCUT2D eigenvalue weighted by molar-refractivity contribution is 7.45. The van der Waals surface area contributed by atoms with Crippen molar-refractivity contribution in [3.8, 4) is 5.75 Å². The highest BCUT2D eigenvalue weighted by Crippen LogP contribution is 2.41. The number of nitrogens with two attached hydrogens (primary N) is 1. The molecule has 17 heteroatoms. The lowest BCUT2D eigenvalue weighted by Crippen LogP contribution is -2.34. The molecule has 5 atom stereocenters.